The fourth-order valence-electron chi connectivity index (χ4n) is 4.30. The summed E-state index contributed by atoms with van der Waals surface area (Å²) in [5, 5.41) is 2.87. The average molecular weight is 598 g/mol. The number of benzene rings is 3. The maximum Gasteiger partial charge on any atom is 0.264 e. The van der Waals surface area contributed by atoms with Gasteiger partial charge in [0, 0.05) is 17.5 Å². The summed E-state index contributed by atoms with van der Waals surface area (Å²) < 4.78 is 35.0. The predicted octanol–water partition coefficient (Wildman–Crippen LogP) is 4.99. The van der Waals surface area contributed by atoms with Crippen molar-refractivity contribution < 1.29 is 22.7 Å². The van der Waals surface area contributed by atoms with Crippen molar-refractivity contribution in [1.29, 1.82) is 0 Å². The Morgan fingerprint density at radius 1 is 0.927 bits per heavy atom. The van der Waals surface area contributed by atoms with Gasteiger partial charge < -0.3 is 15.0 Å². The Morgan fingerprint density at radius 3 is 2.17 bits per heavy atom. The Hall–Kier alpha value is -3.50. The molecule has 0 saturated heterocycles. The minimum absolute atomic E-state index is 0.0517. The zero-order chi connectivity index (χ0) is 30.0. The van der Waals surface area contributed by atoms with Crippen molar-refractivity contribution in [3.05, 3.63) is 84.4 Å². The van der Waals surface area contributed by atoms with E-state index in [2.05, 4.69) is 5.32 Å². The highest BCUT2D eigenvalue weighted by Crippen LogP contribution is 2.33. The van der Waals surface area contributed by atoms with Gasteiger partial charge in [0.2, 0.25) is 11.8 Å². The number of para-hydroxylation sites is 2. The standard InChI is InChI=1S/C31H39N3O5S2/c1-6-39-29-15-11-10-14-28(29)34(41(37,38)27-18-16-26(40-5)17-19-27)22-30(35)33(24(4)31(36)32-23(2)3)21-20-25-12-8-7-9-13-25/h7-19,23-24H,6,20-22H2,1-5H3,(H,32,36)/t24-/m1/s1. The SMILES string of the molecule is CCOc1ccccc1N(CC(=O)N(CCc1ccccc1)[C@H](C)C(=O)NC(C)C)S(=O)(=O)c1ccc(SC)cc1. The number of nitrogens with one attached hydrogen (secondary N) is 1. The first-order valence-electron chi connectivity index (χ1n) is 13.6. The van der Waals surface area contributed by atoms with E-state index in [4.69, 9.17) is 4.74 Å². The van der Waals surface area contributed by atoms with Crippen molar-refractivity contribution >= 4 is 39.3 Å². The number of ether oxygens (including phenoxy) is 1. The number of thioether (sulfide) groups is 1. The lowest BCUT2D eigenvalue weighted by atomic mass is 10.1. The minimum atomic E-state index is -4.18. The Bertz CT molecular complexity index is 1400. The van der Waals surface area contributed by atoms with Crippen molar-refractivity contribution in [2.24, 2.45) is 0 Å². The first-order valence-corrected chi connectivity index (χ1v) is 16.3. The molecule has 41 heavy (non-hydrogen) atoms. The molecule has 0 aliphatic heterocycles. The molecule has 0 bridgehead atoms. The number of anilines is 1. The average Bonchev–Trinajstić information content (AvgIpc) is 2.96. The molecule has 220 valence electrons. The number of amides is 2. The van der Waals surface area contributed by atoms with Gasteiger partial charge in [-0.05, 0) is 82.3 Å². The normalized spacial score (nSPS) is 12.0. The van der Waals surface area contributed by atoms with Gasteiger partial charge in [0.05, 0.1) is 17.2 Å². The van der Waals surface area contributed by atoms with Gasteiger partial charge in [-0.3, -0.25) is 13.9 Å². The Kier molecular flexibility index (Phi) is 11.7. The maximum absolute atomic E-state index is 14.1. The summed E-state index contributed by atoms with van der Waals surface area (Å²) in [4.78, 5) is 29.5. The molecule has 0 heterocycles. The highest BCUT2D eigenvalue weighted by Gasteiger charge is 2.33. The molecule has 1 N–H and O–H groups in total. The zero-order valence-corrected chi connectivity index (χ0v) is 25.9. The van der Waals surface area contributed by atoms with Gasteiger partial charge in [-0.2, -0.15) is 0 Å². The Balaban J connectivity index is 2.03. The highest BCUT2D eigenvalue weighted by atomic mass is 32.2. The lowest BCUT2D eigenvalue weighted by molar-refractivity contribution is -0.139. The van der Waals surface area contributed by atoms with Crippen molar-refractivity contribution in [2.45, 2.75) is 56.0 Å². The summed E-state index contributed by atoms with van der Waals surface area (Å²) in [6.07, 6.45) is 2.41. The van der Waals surface area contributed by atoms with Crippen LogP contribution in [0.3, 0.4) is 0 Å². The summed E-state index contributed by atoms with van der Waals surface area (Å²) in [5.74, 6) is -0.463. The van der Waals surface area contributed by atoms with Gasteiger partial charge in [0.1, 0.15) is 18.3 Å². The Morgan fingerprint density at radius 2 is 1.56 bits per heavy atom. The molecule has 8 nitrogen and oxygen atoms in total. The fraction of sp³-hybridized carbons (Fsp3) is 0.355. The van der Waals surface area contributed by atoms with Crippen LogP contribution in [-0.2, 0) is 26.0 Å². The molecule has 0 saturated carbocycles. The van der Waals surface area contributed by atoms with Crippen LogP contribution in [0.25, 0.3) is 0 Å². The predicted molar refractivity (Wildman–Crippen MR) is 165 cm³/mol. The maximum atomic E-state index is 14.1. The van der Waals surface area contributed by atoms with Crippen LogP contribution in [0.2, 0.25) is 0 Å². The number of carbonyl (C=O) groups is 2. The van der Waals surface area contributed by atoms with E-state index >= 15 is 0 Å². The largest absolute Gasteiger partial charge is 0.492 e. The van der Waals surface area contributed by atoms with Gasteiger partial charge in [0.15, 0.2) is 0 Å². The molecular formula is C31H39N3O5S2. The summed E-state index contributed by atoms with van der Waals surface area (Å²) in [7, 11) is -4.18. The van der Waals surface area contributed by atoms with Crippen molar-refractivity contribution in [2.75, 3.05) is 30.3 Å². The van der Waals surface area contributed by atoms with Gasteiger partial charge in [0.25, 0.3) is 10.0 Å². The second-order valence-electron chi connectivity index (χ2n) is 9.75. The van der Waals surface area contributed by atoms with Gasteiger partial charge >= 0.3 is 0 Å². The molecule has 3 aromatic carbocycles. The van der Waals surface area contributed by atoms with E-state index in [9.17, 15) is 18.0 Å². The molecule has 0 aliphatic carbocycles. The quantitative estimate of drug-likeness (QED) is 0.263. The van der Waals surface area contributed by atoms with Crippen LogP contribution in [-0.4, -0.2) is 63.2 Å². The van der Waals surface area contributed by atoms with Gasteiger partial charge in [-0.1, -0.05) is 42.5 Å². The lowest BCUT2D eigenvalue weighted by Crippen LogP contribution is -2.53. The van der Waals surface area contributed by atoms with Crippen molar-refractivity contribution in [1.82, 2.24) is 10.2 Å². The fourth-order valence-corrected chi connectivity index (χ4v) is 6.14. The molecule has 10 heteroatoms. The number of carbonyl (C=O) groups excluding carboxylic acids is 2. The van der Waals surface area contributed by atoms with E-state index in [0.29, 0.717) is 18.8 Å². The van der Waals surface area contributed by atoms with Crippen LogP contribution in [0.1, 0.15) is 33.3 Å². The minimum Gasteiger partial charge on any atom is -0.492 e. The van der Waals surface area contributed by atoms with Crippen LogP contribution < -0.4 is 14.4 Å². The van der Waals surface area contributed by atoms with Crippen LogP contribution in [0.5, 0.6) is 5.75 Å². The topological polar surface area (TPSA) is 96.0 Å². The molecule has 2 amide bonds. The number of sulfonamides is 1. The van der Waals surface area contributed by atoms with Crippen LogP contribution >= 0.6 is 11.8 Å². The Labute approximate surface area is 248 Å². The number of rotatable bonds is 14. The second kappa shape index (κ2) is 14.9. The van der Waals surface area contributed by atoms with Gasteiger partial charge in [-0.25, -0.2) is 8.42 Å². The highest BCUT2D eigenvalue weighted by molar-refractivity contribution is 7.98. The number of nitrogens with zero attached hydrogens (tertiary/aromatic N) is 2. The van der Waals surface area contributed by atoms with Crippen molar-refractivity contribution in [3.63, 3.8) is 0 Å². The molecule has 0 aromatic heterocycles. The number of hydrogen-bond donors (Lipinski definition) is 1. The molecule has 0 spiro atoms. The molecule has 0 aliphatic rings. The summed E-state index contributed by atoms with van der Waals surface area (Å²) in [6.45, 7) is 7.21. The van der Waals surface area contributed by atoms with E-state index in [1.807, 2.05) is 57.4 Å². The summed E-state index contributed by atoms with van der Waals surface area (Å²) in [6, 6.07) is 22.0. The van der Waals surface area contributed by atoms with Crippen LogP contribution in [0.15, 0.2) is 88.7 Å². The molecule has 1 atom stereocenters. The zero-order valence-electron chi connectivity index (χ0n) is 24.2. The summed E-state index contributed by atoms with van der Waals surface area (Å²) >= 11 is 1.50. The van der Waals surface area contributed by atoms with Gasteiger partial charge in [-0.15, -0.1) is 11.8 Å². The third-order valence-electron chi connectivity index (χ3n) is 6.44. The van der Waals surface area contributed by atoms with E-state index in [1.165, 1.54) is 28.8 Å². The monoisotopic (exact) mass is 597 g/mol. The molecule has 3 rings (SSSR count). The summed E-state index contributed by atoms with van der Waals surface area (Å²) in [5.41, 5.74) is 1.25. The molecule has 0 unspecified atom stereocenters. The van der Waals surface area contributed by atoms with Crippen molar-refractivity contribution in [3.8, 4) is 5.75 Å². The van der Waals surface area contributed by atoms with E-state index in [1.54, 1.807) is 43.3 Å². The molecule has 0 fully saturated rings. The third-order valence-corrected chi connectivity index (χ3v) is 8.96. The van der Waals surface area contributed by atoms with Crippen LogP contribution in [0.4, 0.5) is 5.69 Å². The smallest absolute Gasteiger partial charge is 0.264 e. The third kappa shape index (κ3) is 8.50. The molecule has 0 radical (unpaired) electrons. The van der Waals surface area contributed by atoms with E-state index < -0.39 is 28.5 Å². The molecular weight excluding hydrogens is 558 g/mol. The lowest BCUT2D eigenvalue weighted by Gasteiger charge is -2.32. The first-order chi connectivity index (χ1) is 19.6. The molecule has 3 aromatic rings. The van der Waals surface area contributed by atoms with Crippen LogP contribution in [0, 0.1) is 0 Å². The van der Waals surface area contributed by atoms with E-state index in [-0.39, 0.29) is 29.1 Å². The van der Waals surface area contributed by atoms with E-state index in [0.717, 1.165) is 14.8 Å². The second-order valence-corrected chi connectivity index (χ2v) is 12.5. The first kappa shape index (κ1) is 32.0. The number of hydrogen-bond acceptors (Lipinski definition) is 6.